The van der Waals surface area contributed by atoms with Crippen molar-refractivity contribution in [3.05, 3.63) is 195 Å². The molecule has 0 saturated carbocycles. The maximum atomic E-state index is 7.21. The van der Waals surface area contributed by atoms with Gasteiger partial charge in [-0.3, -0.25) is 4.57 Å². The van der Waals surface area contributed by atoms with Crippen LogP contribution in [-0.2, 0) is 5.79 Å². The summed E-state index contributed by atoms with van der Waals surface area (Å²) in [6.45, 7) is 0. The second-order valence-electron chi connectivity index (χ2n) is 11.7. The van der Waals surface area contributed by atoms with E-state index in [1.807, 2.05) is 127 Å². The average Bonchev–Trinajstić information content (AvgIpc) is 3.74. The van der Waals surface area contributed by atoms with Gasteiger partial charge in [-0.15, -0.1) is 0 Å². The molecule has 0 spiro atoms. The minimum absolute atomic E-state index is 0.397. The molecule has 1 aliphatic rings. The Balaban J connectivity index is 1.59. The number of hydrogen-bond acceptors (Lipinski definition) is 3. The number of aliphatic imine (C=N–C) groups is 2. The molecule has 2 heterocycles. The summed E-state index contributed by atoms with van der Waals surface area (Å²) in [6.07, 6.45) is 0. The minimum Gasteiger partial charge on any atom is -0.275 e. The molecule has 0 saturated heterocycles. The maximum Gasteiger partial charge on any atom is 0.263 e. The summed E-state index contributed by atoms with van der Waals surface area (Å²) in [4.78, 5) is 16.7. The summed E-state index contributed by atoms with van der Waals surface area (Å²) >= 11 is 27.2. The van der Waals surface area contributed by atoms with Crippen molar-refractivity contribution in [1.82, 2.24) is 9.55 Å². The van der Waals surface area contributed by atoms with Gasteiger partial charge in [0.25, 0.3) is 5.79 Å². The first-order valence-electron chi connectivity index (χ1n) is 15.9. The Morgan fingerprint density at radius 1 is 0.460 bits per heavy atom. The van der Waals surface area contributed by atoms with Crippen LogP contribution in [0.5, 0.6) is 0 Å². The molecule has 6 aromatic carbocycles. The maximum absolute atomic E-state index is 7.21. The Bertz CT molecular complexity index is 2350. The van der Waals surface area contributed by atoms with E-state index in [0.29, 0.717) is 48.5 Å². The number of hydrogen-bond donors (Lipinski definition) is 0. The lowest BCUT2D eigenvalue weighted by molar-refractivity contribution is 0.409. The van der Waals surface area contributed by atoms with Gasteiger partial charge >= 0.3 is 0 Å². The van der Waals surface area contributed by atoms with Crippen molar-refractivity contribution in [3.8, 4) is 33.9 Å². The molecule has 0 atom stereocenters. The molecular weight excluding hydrogens is 702 g/mol. The molecule has 242 valence electrons. The van der Waals surface area contributed by atoms with Crippen LogP contribution >= 0.6 is 46.4 Å². The summed E-state index contributed by atoms with van der Waals surface area (Å²) in [5.74, 6) is -0.980. The lowest BCUT2D eigenvalue weighted by Gasteiger charge is -2.30. The topological polar surface area (TPSA) is 42.5 Å². The van der Waals surface area contributed by atoms with E-state index < -0.39 is 5.79 Å². The number of imidazole rings is 1. The van der Waals surface area contributed by atoms with Gasteiger partial charge in [-0.1, -0.05) is 168 Å². The van der Waals surface area contributed by atoms with Crippen molar-refractivity contribution in [3.63, 3.8) is 0 Å². The van der Waals surface area contributed by atoms with Crippen LogP contribution in [0.4, 0.5) is 0 Å². The van der Waals surface area contributed by atoms with Crippen molar-refractivity contribution < 1.29 is 0 Å². The highest BCUT2D eigenvalue weighted by Gasteiger charge is 2.46. The average molecular weight is 729 g/mol. The van der Waals surface area contributed by atoms with Crippen molar-refractivity contribution in [2.75, 3.05) is 0 Å². The number of halogens is 4. The molecule has 1 aliphatic heterocycles. The van der Waals surface area contributed by atoms with Crippen LogP contribution in [0.3, 0.4) is 0 Å². The fraction of sp³-hybridized carbons (Fsp3) is 0.0238. The molecule has 0 radical (unpaired) electrons. The van der Waals surface area contributed by atoms with Gasteiger partial charge in [0.1, 0.15) is 5.82 Å². The summed E-state index contributed by atoms with van der Waals surface area (Å²) < 4.78 is 2.06. The van der Waals surface area contributed by atoms with Crippen LogP contribution in [-0.4, -0.2) is 21.0 Å². The van der Waals surface area contributed by atoms with Crippen molar-refractivity contribution in [2.45, 2.75) is 5.79 Å². The second kappa shape index (κ2) is 13.4. The third-order valence-corrected chi connectivity index (χ3v) is 9.70. The Morgan fingerprint density at radius 2 is 0.920 bits per heavy atom. The molecule has 8 rings (SSSR count). The summed E-state index contributed by atoms with van der Waals surface area (Å²) in [5.41, 5.74) is 7.78. The van der Waals surface area contributed by atoms with E-state index >= 15 is 0 Å². The van der Waals surface area contributed by atoms with Gasteiger partial charge < -0.3 is 0 Å². The zero-order valence-corrected chi connectivity index (χ0v) is 29.3. The Hall–Kier alpha value is -4.97. The van der Waals surface area contributed by atoms with E-state index in [4.69, 9.17) is 61.4 Å². The van der Waals surface area contributed by atoms with Crippen LogP contribution in [0, 0.1) is 0 Å². The lowest BCUT2D eigenvalue weighted by Crippen LogP contribution is -2.32. The first kappa shape index (κ1) is 32.2. The summed E-state index contributed by atoms with van der Waals surface area (Å²) in [7, 11) is 0. The molecule has 7 aromatic rings. The monoisotopic (exact) mass is 726 g/mol. The predicted molar refractivity (Wildman–Crippen MR) is 208 cm³/mol. The van der Waals surface area contributed by atoms with Crippen molar-refractivity contribution >= 4 is 57.8 Å². The molecule has 0 fully saturated rings. The first-order valence-corrected chi connectivity index (χ1v) is 17.4. The zero-order chi connectivity index (χ0) is 34.2. The number of benzene rings is 6. The molecule has 0 amide bonds. The number of aromatic nitrogens is 2. The van der Waals surface area contributed by atoms with Gasteiger partial charge in [0.2, 0.25) is 0 Å². The van der Waals surface area contributed by atoms with E-state index in [2.05, 4.69) is 16.7 Å². The molecular formula is C42H26Cl4N4. The lowest BCUT2D eigenvalue weighted by atomic mass is 10.0. The second-order valence-corrected chi connectivity index (χ2v) is 13.4. The highest BCUT2D eigenvalue weighted by molar-refractivity contribution is 6.54. The van der Waals surface area contributed by atoms with Gasteiger partial charge in [-0.25, -0.2) is 15.0 Å². The first-order chi connectivity index (χ1) is 24.4. The molecule has 0 N–H and O–H groups in total. The molecule has 4 nitrogen and oxygen atoms in total. The Labute approximate surface area is 310 Å². The number of rotatable bonds is 7. The molecule has 1 aromatic heterocycles. The van der Waals surface area contributed by atoms with Crippen LogP contribution < -0.4 is 0 Å². The third-order valence-electron chi connectivity index (χ3n) is 8.60. The van der Waals surface area contributed by atoms with E-state index in [1.165, 1.54) is 0 Å². The largest absolute Gasteiger partial charge is 0.275 e. The van der Waals surface area contributed by atoms with Crippen LogP contribution in [0.1, 0.15) is 16.7 Å². The van der Waals surface area contributed by atoms with E-state index in [9.17, 15) is 0 Å². The smallest absolute Gasteiger partial charge is 0.263 e. The van der Waals surface area contributed by atoms with Crippen LogP contribution in [0.15, 0.2) is 168 Å². The van der Waals surface area contributed by atoms with Gasteiger partial charge in [0.15, 0.2) is 0 Å². The Kier molecular flexibility index (Phi) is 8.64. The van der Waals surface area contributed by atoms with E-state index in [1.54, 1.807) is 18.2 Å². The van der Waals surface area contributed by atoms with E-state index in [-0.39, 0.29) is 0 Å². The summed E-state index contributed by atoms with van der Waals surface area (Å²) in [6, 6.07) is 51.1. The third kappa shape index (κ3) is 5.74. The predicted octanol–water partition coefficient (Wildman–Crippen LogP) is 12.1. The molecule has 0 bridgehead atoms. The van der Waals surface area contributed by atoms with Gasteiger partial charge in [0, 0.05) is 43.4 Å². The normalized spacial score (nSPS) is 13.6. The molecule has 8 heteroatoms. The SMILES string of the molecule is Clc1ccc(-c2nc(-c3ccccc3)c(-c3ccccc3)n2C2(c3ccc(Cl)cc3Cl)N=C(c3ccccc3)C(c3ccccc3)=N2)c(Cl)c1. The molecule has 0 unspecified atom stereocenters. The molecule has 50 heavy (non-hydrogen) atoms. The highest BCUT2D eigenvalue weighted by Crippen LogP contribution is 2.49. The highest BCUT2D eigenvalue weighted by atomic mass is 35.5. The van der Waals surface area contributed by atoms with Crippen LogP contribution in [0.2, 0.25) is 20.1 Å². The summed E-state index contributed by atoms with van der Waals surface area (Å²) in [5, 5.41) is 1.83. The van der Waals surface area contributed by atoms with Gasteiger partial charge in [-0.2, -0.15) is 0 Å². The molecule has 0 aliphatic carbocycles. The number of nitrogens with zero attached hydrogens (tertiary/aromatic N) is 4. The van der Waals surface area contributed by atoms with Gasteiger partial charge in [-0.05, 0) is 36.4 Å². The Morgan fingerprint density at radius 3 is 1.42 bits per heavy atom. The zero-order valence-electron chi connectivity index (χ0n) is 26.3. The van der Waals surface area contributed by atoms with E-state index in [0.717, 1.165) is 33.6 Å². The van der Waals surface area contributed by atoms with Crippen LogP contribution in [0.25, 0.3) is 33.9 Å². The fourth-order valence-electron chi connectivity index (χ4n) is 6.37. The standard InChI is InChI=1S/C42H26Cl4N4/c43-31-21-23-33(35(45)25-31)41-47-39(29-17-9-3-10-18-29)40(30-19-11-4-12-20-30)50(41)42(34-24-22-32(44)26-36(34)46)48-37(27-13-5-1-6-14-27)38(49-42)28-15-7-2-8-16-28/h1-26H. The fourth-order valence-corrected chi connectivity index (χ4v) is 7.40. The van der Waals surface area contributed by atoms with Crippen molar-refractivity contribution in [2.24, 2.45) is 9.98 Å². The van der Waals surface area contributed by atoms with Gasteiger partial charge in [0.05, 0.1) is 32.9 Å². The van der Waals surface area contributed by atoms with Crippen molar-refractivity contribution in [1.29, 1.82) is 0 Å². The minimum atomic E-state index is -1.51. The quantitative estimate of drug-likeness (QED) is 0.161.